The minimum Gasteiger partial charge on any atom is -0.271 e. The van der Waals surface area contributed by atoms with Gasteiger partial charge in [0, 0.05) is 22.7 Å². The molecule has 0 saturated carbocycles. The second-order valence-electron chi connectivity index (χ2n) is 5.05. The number of nitrogens with one attached hydrogen (secondary N) is 1. The van der Waals surface area contributed by atoms with Gasteiger partial charge < -0.3 is 0 Å². The fourth-order valence-electron chi connectivity index (χ4n) is 2.57. The largest absolute Gasteiger partial charge is 0.271 e. The molecule has 0 fully saturated rings. The number of nitrogens with two attached hydrogens (primary N) is 1. The van der Waals surface area contributed by atoms with E-state index in [-0.39, 0.29) is 5.82 Å². The smallest absolute Gasteiger partial charge is 0.128 e. The zero-order valence-electron chi connectivity index (χ0n) is 11.7. The lowest BCUT2D eigenvalue weighted by Gasteiger charge is -2.19. The van der Waals surface area contributed by atoms with Crippen LogP contribution in [-0.4, -0.2) is 4.98 Å². The molecule has 3 aromatic rings. The Balaban J connectivity index is 2.18. The Kier molecular flexibility index (Phi) is 3.64. The summed E-state index contributed by atoms with van der Waals surface area (Å²) in [5, 5.41) is 1.00. The Morgan fingerprint density at radius 3 is 2.67 bits per heavy atom. The van der Waals surface area contributed by atoms with Gasteiger partial charge in [-0.25, -0.2) is 9.82 Å². The summed E-state index contributed by atoms with van der Waals surface area (Å²) >= 11 is 0. The molecule has 1 aromatic heterocycles. The SMILES string of the molecule is Cc1ccc(C(NN)c2cccc3cccnc23)c(F)c1. The van der Waals surface area contributed by atoms with Crippen LogP contribution in [0.3, 0.4) is 0 Å². The van der Waals surface area contributed by atoms with E-state index in [0.717, 1.165) is 22.0 Å². The van der Waals surface area contributed by atoms with Crippen LogP contribution < -0.4 is 11.3 Å². The zero-order chi connectivity index (χ0) is 14.8. The molecule has 4 heteroatoms. The quantitative estimate of drug-likeness (QED) is 0.572. The first-order chi connectivity index (χ1) is 10.2. The Hall–Kier alpha value is -2.30. The van der Waals surface area contributed by atoms with E-state index in [0.29, 0.717) is 5.56 Å². The van der Waals surface area contributed by atoms with Gasteiger partial charge in [-0.15, -0.1) is 0 Å². The van der Waals surface area contributed by atoms with Crippen molar-refractivity contribution in [3.05, 3.63) is 77.2 Å². The van der Waals surface area contributed by atoms with Gasteiger partial charge in [-0.2, -0.15) is 0 Å². The van der Waals surface area contributed by atoms with Crippen LogP contribution >= 0.6 is 0 Å². The first-order valence-electron chi connectivity index (χ1n) is 6.76. The van der Waals surface area contributed by atoms with Crippen molar-refractivity contribution in [3.8, 4) is 0 Å². The maximum absolute atomic E-state index is 14.3. The molecule has 0 aliphatic carbocycles. The third-order valence-electron chi connectivity index (χ3n) is 3.61. The molecule has 106 valence electrons. The van der Waals surface area contributed by atoms with Crippen LogP contribution in [-0.2, 0) is 0 Å². The maximum Gasteiger partial charge on any atom is 0.128 e. The molecule has 2 aromatic carbocycles. The lowest BCUT2D eigenvalue weighted by molar-refractivity contribution is 0.560. The number of aryl methyl sites for hydroxylation is 1. The van der Waals surface area contributed by atoms with Crippen molar-refractivity contribution >= 4 is 10.9 Å². The molecule has 0 amide bonds. The van der Waals surface area contributed by atoms with Gasteiger partial charge in [-0.05, 0) is 24.6 Å². The van der Waals surface area contributed by atoms with Gasteiger partial charge in [0.05, 0.1) is 11.6 Å². The molecule has 0 aliphatic rings. The Morgan fingerprint density at radius 1 is 1.10 bits per heavy atom. The van der Waals surface area contributed by atoms with E-state index >= 15 is 0 Å². The van der Waals surface area contributed by atoms with E-state index in [9.17, 15) is 4.39 Å². The molecular formula is C17H16FN3. The van der Waals surface area contributed by atoms with E-state index in [1.165, 1.54) is 6.07 Å². The van der Waals surface area contributed by atoms with Crippen LogP contribution in [0.5, 0.6) is 0 Å². The zero-order valence-corrected chi connectivity index (χ0v) is 11.7. The number of nitrogens with zero attached hydrogens (tertiary/aromatic N) is 1. The summed E-state index contributed by atoms with van der Waals surface area (Å²) in [4.78, 5) is 4.40. The van der Waals surface area contributed by atoms with Crippen molar-refractivity contribution in [2.75, 3.05) is 0 Å². The highest BCUT2D eigenvalue weighted by molar-refractivity contribution is 5.82. The topological polar surface area (TPSA) is 50.9 Å². The number of halogens is 1. The van der Waals surface area contributed by atoms with Crippen molar-refractivity contribution in [2.45, 2.75) is 13.0 Å². The van der Waals surface area contributed by atoms with Crippen molar-refractivity contribution in [1.29, 1.82) is 0 Å². The molecule has 3 nitrogen and oxygen atoms in total. The van der Waals surface area contributed by atoms with Crippen molar-refractivity contribution in [1.82, 2.24) is 10.4 Å². The second kappa shape index (κ2) is 5.60. The third-order valence-corrected chi connectivity index (χ3v) is 3.61. The van der Waals surface area contributed by atoms with Crippen LogP contribution in [0.15, 0.2) is 54.7 Å². The molecule has 0 aliphatic heterocycles. The number of fused-ring (bicyclic) bond motifs is 1. The molecule has 3 N–H and O–H groups in total. The maximum atomic E-state index is 14.3. The molecule has 0 spiro atoms. The molecule has 1 unspecified atom stereocenters. The van der Waals surface area contributed by atoms with Crippen LogP contribution in [0.2, 0.25) is 0 Å². The summed E-state index contributed by atoms with van der Waals surface area (Å²) in [6.45, 7) is 1.86. The van der Waals surface area contributed by atoms with Gasteiger partial charge in [0.25, 0.3) is 0 Å². The highest BCUT2D eigenvalue weighted by Gasteiger charge is 2.19. The number of hydrazine groups is 1. The number of hydrogen-bond donors (Lipinski definition) is 2. The second-order valence-corrected chi connectivity index (χ2v) is 5.05. The lowest BCUT2D eigenvalue weighted by atomic mass is 9.95. The molecular weight excluding hydrogens is 265 g/mol. The number of para-hydroxylation sites is 1. The highest BCUT2D eigenvalue weighted by Crippen LogP contribution is 2.29. The molecule has 0 saturated heterocycles. The van der Waals surface area contributed by atoms with E-state index in [2.05, 4.69) is 10.4 Å². The van der Waals surface area contributed by atoms with Crippen LogP contribution in [0.25, 0.3) is 10.9 Å². The summed E-state index contributed by atoms with van der Waals surface area (Å²) in [5.41, 5.74) is 5.78. The first kappa shape index (κ1) is 13.7. The number of benzene rings is 2. The fourth-order valence-corrected chi connectivity index (χ4v) is 2.57. The summed E-state index contributed by atoms with van der Waals surface area (Å²) in [7, 11) is 0. The molecule has 0 bridgehead atoms. The summed E-state index contributed by atoms with van der Waals surface area (Å²) < 4.78 is 14.3. The monoisotopic (exact) mass is 281 g/mol. The lowest BCUT2D eigenvalue weighted by Crippen LogP contribution is -2.29. The van der Waals surface area contributed by atoms with Crippen LogP contribution in [0, 0.1) is 12.7 Å². The first-order valence-corrected chi connectivity index (χ1v) is 6.76. The standard InChI is InChI=1S/C17H16FN3/c1-11-7-8-13(15(18)10-11)17(21-19)14-6-2-4-12-5-3-9-20-16(12)14/h2-10,17,21H,19H2,1H3. The highest BCUT2D eigenvalue weighted by atomic mass is 19.1. The van der Waals surface area contributed by atoms with Gasteiger partial charge in [-0.3, -0.25) is 10.8 Å². The Bertz CT molecular complexity index is 781. The molecule has 21 heavy (non-hydrogen) atoms. The summed E-state index contributed by atoms with van der Waals surface area (Å²) in [6, 6.07) is 14.4. The number of hydrogen-bond acceptors (Lipinski definition) is 3. The number of aromatic nitrogens is 1. The molecule has 0 radical (unpaired) electrons. The molecule has 3 rings (SSSR count). The fraction of sp³-hybridized carbons (Fsp3) is 0.118. The van der Waals surface area contributed by atoms with Crippen LogP contribution in [0.1, 0.15) is 22.7 Å². The predicted octanol–water partition coefficient (Wildman–Crippen LogP) is 3.24. The van der Waals surface area contributed by atoms with Crippen molar-refractivity contribution in [2.24, 2.45) is 5.84 Å². The molecule has 1 atom stereocenters. The Labute approximate surface area is 122 Å². The predicted molar refractivity (Wildman–Crippen MR) is 82.0 cm³/mol. The van der Waals surface area contributed by atoms with E-state index in [1.54, 1.807) is 12.3 Å². The average Bonchev–Trinajstić information content (AvgIpc) is 2.50. The minimum atomic E-state index is -0.441. The van der Waals surface area contributed by atoms with Crippen LogP contribution in [0.4, 0.5) is 4.39 Å². The Morgan fingerprint density at radius 2 is 1.90 bits per heavy atom. The summed E-state index contributed by atoms with van der Waals surface area (Å²) in [6.07, 6.45) is 1.73. The van der Waals surface area contributed by atoms with Gasteiger partial charge >= 0.3 is 0 Å². The van der Waals surface area contributed by atoms with Crippen molar-refractivity contribution < 1.29 is 4.39 Å². The van der Waals surface area contributed by atoms with Crippen molar-refractivity contribution in [3.63, 3.8) is 0 Å². The van der Waals surface area contributed by atoms with Gasteiger partial charge in [0.1, 0.15) is 5.82 Å². The van der Waals surface area contributed by atoms with Gasteiger partial charge in [0.2, 0.25) is 0 Å². The normalized spacial score (nSPS) is 12.5. The van der Waals surface area contributed by atoms with Gasteiger partial charge in [-0.1, -0.05) is 36.4 Å². The molecule has 1 heterocycles. The van der Waals surface area contributed by atoms with E-state index in [4.69, 9.17) is 5.84 Å². The average molecular weight is 281 g/mol. The third kappa shape index (κ3) is 2.51. The van der Waals surface area contributed by atoms with E-state index < -0.39 is 6.04 Å². The summed E-state index contributed by atoms with van der Waals surface area (Å²) in [5.74, 6) is 5.42. The van der Waals surface area contributed by atoms with Gasteiger partial charge in [0.15, 0.2) is 0 Å². The number of rotatable bonds is 3. The van der Waals surface area contributed by atoms with E-state index in [1.807, 2.05) is 43.3 Å². The number of pyridine rings is 1. The minimum absolute atomic E-state index is 0.272.